The van der Waals surface area contributed by atoms with Crippen molar-refractivity contribution in [1.82, 2.24) is 16.0 Å². The van der Waals surface area contributed by atoms with Gasteiger partial charge in [-0.05, 0) is 33.6 Å². The molecule has 0 radical (unpaired) electrons. The smallest absolute Gasteiger partial charge is 0.407 e. The number of rotatable bonds is 10. The number of carbonyl (C=O) groups is 2. The van der Waals surface area contributed by atoms with Crippen LogP contribution in [0.1, 0.15) is 40.0 Å². The number of methoxy groups -OCH3 is 1. The van der Waals surface area contributed by atoms with Crippen molar-refractivity contribution in [2.75, 3.05) is 33.9 Å². The Morgan fingerprint density at radius 1 is 1.18 bits per heavy atom. The van der Waals surface area contributed by atoms with E-state index in [1.54, 1.807) is 14.2 Å². The summed E-state index contributed by atoms with van der Waals surface area (Å²) < 4.78 is 10.3. The van der Waals surface area contributed by atoms with Crippen molar-refractivity contribution < 1.29 is 19.1 Å². The molecule has 7 heteroatoms. The van der Waals surface area contributed by atoms with Crippen LogP contribution in [0.15, 0.2) is 0 Å². The molecule has 0 rings (SSSR count). The number of ether oxygens (including phenoxy) is 2. The number of carbonyl (C=O) groups excluding carboxylic acids is 2. The summed E-state index contributed by atoms with van der Waals surface area (Å²) in [6.45, 7) is 7.21. The van der Waals surface area contributed by atoms with E-state index in [-0.39, 0.29) is 11.9 Å². The number of hydrogen-bond acceptors (Lipinski definition) is 5. The topological polar surface area (TPSA) is 88.7 Å². The van der Waals surface area contributed by atoms with E-state index >= 15 is 0 Å². The zero-order chi connectivity index (χ0) is 17.0. The van der Waals surface area contributed by atoms with Crippen molar-refractivity contribution in [3.05, 3.63) is 0 Å². The van der Waals surface area contributed by atoms with E-state index in [2.05, 4.69) is 16.0 Å². The lowest BCUT2D eigenvalue weighted by Crippen LogP contribution is -2.37. The first-order valence-electron chi connectivity index (χ1n) is 7.68. The highest BCUT2D eigenvalue weighted by molar-refractivity contribution is 5.75. The molecular weight excluding hydrogens is 286 g/mol. The Hall–Kier alpha value is -1.34. The van der Waals surface area contributed by atoms with Crippen LogP contribution in [0.2, 0.25) is 0 Å². The summed E-state index contributed by atoms with van der Waals surface area (Å²) >= 11 is 0. The van der Waals surface area contributed by atoms with Crippen molar-refractivity contribution in [2.24, 2.45) is 0 Å². The Morgan fingerprint density at radius 3 is 2.41 bits per heavy atom. The quantitative estimate of drug-likeness (QED) is 0.524. The summed E-state index contributed by atoms with van der Waals surface area (Å²) in [6, 6.07) is 0.162. The second kappa shape index (κ2) is 11.3. The van der Waals surface area contributed by atoms with Gasteiger partial charge in [-0.2, -0.15) is 0 Å². The first kappa shape index (κ1) is 20.7. The highest BCUT2D eigenvalue weighted by atomic mass is 16.6. The van der Waals surface area contributed by atoms with Crippen molar-refractivity contribution in [1.29, 1.82) is 0 Å². The lowest BCUT2D eigenvalue weighted by molar-refractivity contribution is -0.120. The Bertz CT molecular complexity index is 329. The Morgan fingerprint density at radius 2 is 1.86 bits per heavy atom. The zero-order valence-electron chi connectivity index (χ0n) is 14.5. The fourth-order valence-electron chi connectivity index (χ4n) is 1.81. The van der Waals surface area contributed by atoms with Gasteiger partial charge < -0.3 is 25.4 Å². The molecule has 0 aliphatic rings. The van der Waals surface area contributed by atoms with E-state index in [0.717, 1.165) is 12.8 Å². The van der Waals surface area contributed by atoms with E-state index in [4.69, 9.17) is 9.47 Å². The predicted octanol–water partition coefficient (Wildman–Crippen LogP) is 1.03. The van der Waals surface area contributed by atoms with E-state index in [1.807, 2.05) is 20.8 Å². The number of nitrogens with one attached hydrogen (secondary N) is 3. The van der Waals surface area contributed by atoms with Gasteiger partial charge in [-0.3, -0.25) is 4.79 Å². The molecule has 0 aliphatic carbocycles. The molecule has 0 saturated carbocycles. The molecule has 0 aromatic heterocycles. The van der Waals surface area contributed by atoms with Gasteiger partial charge in [0.1, 0.15) is 5.60 Å². The standard InChI is InChI=1S/C15H31N3O4/c1-15(2,3)22-14(20)18-9-6-7-12(11-21-5)17-10-8-13(19)16-4/h12,17H,6-11H2,1-5H3,(H,16,19)(H,18,20). The van der Waals surface area contributed by atoms with Gasteiger partial charge in [0.25, 0.3) is 0 Å². The molecule has 0 aliphatic heterocycles. The van der Waals surface area contributed by atoms with Crippen molar-refractivity contribution in [3.63, 3.8) is 0 Å². The van der Waals surface area contributed by atoms with E-state index < -0.39 is 11.7 Å². The average Bonchev–Trinajstić information content (AvgIpc) is 2.41. The Kier molecular flexibility index (Phi) is 10.6. The van der Waals surface area contributed by atoms with Crippen LogP contribution in [0.4, 0.5) is 4.79 Å². The van der Waals surface area contributed by atoms with Crippen LogP contribution in [0, 0.1) is 0 Å². The lowest BCUT2D eigenvalue weighted by atomic mass is 10.1. The highest BCUT2D eigenvalue weighted by Gasteiger charge is 2.15. The maximum absolute atomic E-state index is 11.5. The highest BCUT2D eigenvalue weighted by Crippen LogP contribution is 2.06. The van der Waals surface area contributed by atoms with Gasteiger partial charge in [0.15, 0.2) is 0 Å². The van der Waals surface area contributed by atoms with Gasteiger partial charge in [0, 0.05) is 39.7 Å². The normalized spacial score (nSPS) is 12.6. The van der Waals surface area contributed by atoms with Crippen molar-refractivity contribution in [2.45, 2.75) is 51.7 Å². The van der Waals surface area contributed by atoms with Gasteiger partial charge in [-0.15, -0.1) is 0 Å². The largest absolute Gasteiger partial charge is 0.444 e. The molecule has 0 fully saturated rings. The molecule has 130 valence electrons. The second-order valence-electron chi connectivity index (χ2n) is 6.10. The molecule has 0 bridgehead atoms. The van der Waals surface area contributed by atoms with Gasteiger partial charge in [0.05, 0.1) is 6.61 Å². The molecule has 0 heterocycles. The number of hydrogen-bond donors (Lipinski definition) is 3. The molecule has 1 unspecified atom stereocenters. The van der Waals surface area contributed by atoms with Crippen LogP contribution in [0.5, 0.6) is 0 Å². The van der Waals surface area contributed by atoms with E-state index in [9.17, 15) is 9.59 Å². The van der Waals surface area contributed by atoms with Crippen LogP contribution in [0.25, 0.3) is 0 Å². The van der Waals surface area contributed by atoms with Crippen LogP contribution in [-0.4, -0.2) is 57.5 Å². The van der Waals surface area contributed by atoms with Gasteiger partial charge in [-0.1, -0.05) is 0 Å². The maximum atomic E-state index is 11.5. The molecule has 7 nitrogen and oxygen atoms in total. The molecule has 0 spiro atoms. The van der Waals surface area contributed by atoms with Crippen LogP contribution < -0.4 is 16.0 Å². The molecule has 0 saturated heterocycles. The molecule has 0 aromatic carbocycles. The fraction of sp³-hybridized carbons (Fsp3) is 0.867. The van der Waals surface area contributed by atoms with Crippen molar-refractivity contribution in [3.8, 4) is 0 Å². The monoisotopic (exact) mass is 317 g/mol. The third kappa shape index (κ3) is 12.4. The van der Waals surface area contributed by atoms with Crippen molar-refractivity contribution >= 4 is 12.0 Å². The first-order valence-corrected chi connectivity index (χ1v) is 7.68. The minimum atomic E-state index is -0.482. The number of amides is 2. The molecule has 1 atom stereocenters. The van der Waals surface area contributed by atoms with Crippen LogP contribution in [-0.2, 0) is 14.3 Å². The molecule has 22 heavy (non-hydrogen) atoms. The minimum Gasteiger partial charge on any atom is -0.444 e. The molecule has 0 aromatic rings. The van der Waals surface area contributed by atoms with Crippen LogP contribution in [0.3, 0.4) is 0 Å². The third-order valence-corrected chi connectivity index (χ3v) is 2.83. The SMILES string of the molecule is CNC(=O)CCNC(CCCNC(=O)OC(C)(C)C)COC. The predicted molar refractivity (Wildman–Crippen MR) is 85.8 cm³/mol. The summed E-state index contributed by atoms with van der Waals surface area (Å²) in [4.78, 5) is 22.6. The van der Waals surface area contributed by atoms with E-state index in [0.29, 0.717) is 26.1 Å². The zero-order valence-corrected chi connectivity index (χ0v) is 14.5. The average molecular weight is 317 g/mol. The second-order valence-corrected chi connectivity index (χ2v) is 6.10. The van der Waals surface area contributed by atoms with Crippen LogP contribution >= 0.6 is 0 Å². The molecule has 2 amide bonds. The summed E-state index contributed by atoms with van der Waals surface area (Å²) in [5.41, 5.74) is -0.482. The molecular formula is C15H31N3O4. The Labute approximate surface area is 133 Å². The Balaban J connectivity index is 3.85. The fourth-order valence-corrected chi connectivity index (χ4v) is 1.81. The number of alkyl carbamates (subject to hydrolysis) is 1. The summed E-state index contributed by atoms with van der Waals surface area (Å²) in [7, 11) is 3.27. The van der Waals surface area contributed by atoms with Gasteiger partial charge in [0.2, 0.25) is 5.91 Å². The molecule has 3 N–H and O–H groups in total. The lowest BCUT2D eigenvalue weighted by Gasteiger charge is -2.20. The van der Waals surface area contributed by atoms with E-state index in [1.165, 1.54) is 0 Å². The minimum absolute atomic E-state index is 0.00950. The van der Waals surface area contributed by atoms with Gasteiger partial charge >= 0.3 is 6.09 Å². The van der Waals surface area contributed by atoms with Gasteiger partial charge in [-0.25, -0.2) is 4.79 Å². The maximum Gasteiger partial charge on any atom is 0.407 e. The first-order chi connectivity index (χ1) is 10.3. The summed E-state index contributed by atoms with van der Waals surface area (Å²) in [5.74, 6) is 0.00950. The third-order valence-electron chi connectivity index (χ3n) is 2.83. The summed E-state index contributed by atoms with van der Waals surface area (Å²) in [5, 5.41) is 8.59. The summed E-state index contributed by atoms with van der Waals surface area (Å²) in [6.07, 6.45) is 1.69.